The second-order valence-corrected chi connectivity index (χ2v) is 4.29. The van der Waals surface area contributed by atoms with Gasteiger partial charge in [-0.3, -0.25) is 4.79 Å². The van der Waals surface area contributed by atoms with E-state index in [4.69, 9.17) is 5.73 Å². The number of aryl methyl sites for hydroxylation is 1. The number of nitrogen functional groups attached to an aromatic ring is 1. The lowest BCUT2D eigenvalue weighted by Crippen LogP contribution is -2.48. The Labute approximate surface area is 80.2 Å². The number of carbonyl (C=O) groups excluding carboxylic acids is 1. The summed E-state index contributed by atoms with van der Waals surface area (Å²) in [6.45, 7) is 0.827. The normalized spacial score (nSPS) is 20.9. The molecule has 13 heavy (non-hydrogen) atoms. The molecule has 0 radical (unpaired) electrons. The Morgan fingerprint density at radius 3 is 3.08 bits per heavy atom. The van der Waals surface area contributed by atoms with E-state index in [1.807, 2.05) is 0 Å². The van der Waals surface area contributed by atoms with Crippen LogP contribution in [0, 0.1) is 5.92 Å². The Morgan fingerprint density at radius 2 is 2.62 bits per heavy atom. The van der Waals surface area contributed by atoms with Gasteiger partial charge in [0.15, 0.2) is 5.13 Å². The molecule has 70 valence electrons. The van der Waals surface area contributed by atoms with E-state index in [1.54, 1.807) is 6.20 Å². The van der Waals surface area contributed by atoms with Crippen molar-refractivity contribution < 1.29 is 4.79 Å². The fourth-order valence-corrected chi connectivity index (χ4v) is 2.02. The lowest BCUT2D eigenvalue weighted by Gasteiger charge is -2.25. The zero-order chi connectivity index (χ0) is 9.26. The molecule has 1 unspecified atom stereocenters. The number of nitrogens with zero attached hydrogens (tertiary/aromatic N) is 1. The van der Waals surface area contributed by atoms with E-state index in [0.717, 1.165) is 24.3 Å². The Bertz CT molecular complexity index is 323. The molecule has 0 spiro atoms. The zero-order valence-electron chi connectivity index (χ0n) is 7.12. The smallest absolute Gasteiger partial charge is 0.224 e. The molecule has 0 aliphatic carbocycles. The van der Waals surface area contributed by atoms with Crippen molar-refractivity contribution in [1.29, 1.82) is 0 Å². The number of anilines is 1. The van der Waals surface area contributed by atoms with E-state index in [1.165, 1.54) is 11.3 Å². The second-order valence-electron chi connectivity index (χ2n) is 3.15. The van der Waals surface area contributed by atoms with Crippen molar-refractivity contribution in [3.63, 3.8) is 0 Å². The summed E-state index contributed by atoms with van der Waals surface area (Å²) in [5.41, 5.74) is 5.49. The Morgan fingerprint density at radius 1 is 1.77 bits per heavy atom. The van der Waals surface area contributed by atoms with Crippen LogP contribution >= 0.6 is 11.3 Å². The highest BCUT2D eigenvalue weighted by molar-refractivity contribution is 7.15. The van der Waals surface area contributed by atoms with Gasteiger partial charge in [0, 0.05) is 17.6 Å². The molecule has 1 amide bonds. The molecular formula is C8H11N3OS. The molecule has 1 aromatic rings. The van der Waals surface area contributed by atoms with Gasteiger partial charge in [-0.2, -0.15) is 0 Å². The first-order valence-corrected chi connectivity index (χ1v) is 5.05. The summed E-state index contributed by atoms with van der Waals surface area (Å²) in [5.74, 6) is 0.390. The van der Waals surface area contributed by atoms with Crippen LogP contribution < -0.4 is 11.1 Å². The lowest BCUT2D eigenvalue weighted by molar-refractivity contribution is -0.131. The van der Waals surface area contributed by atoms with Crippen LogP contribution in [-0.2, 0) is 11.2 Å². The number of nitrogens with two attached hydrogens (primary N) is 1. The minimum Gasteiger partial charge on any atom is -0.375 e. The van der Waals surface area contributed by atoms with E-state index < -0.39 is 0 Å². The van der Waals surface area contributed by atoms with Crippen molar-refractivity contribution in [2.24, 2.45) is 5.92 Å². The number of hydrogen-bond acceptors (Lipinski definition) is 4. The molecule has 5 heteroatoms. The summed E-state index contributed by atoms with van der Waals surface area (Å²) in [6.07, 6.45) is 3.61. The first-order valence-electron chi connectivity index (χ1n) is 4.23. The first-order chi connectivity index (χ1) is 6.25. The Kier molecular flexibility index (Phi) is 2.18. The number of rotatable bonds is 3. The van der Waals surface area contributed by atoms with Crippen LogP contribution in [0.1, 0.15) is 11.3 Å². The number of aromatic nitrogens is 1. The van der Waals surface area contributed by atoms with Crippen LogP contribution in [0.15, 0.2) is 6.20 Å². The molecule has 4 nitrogen and oxygen atoms in total. The predicted octanol–water partition coefficient (Wildman–Crippen LogP) is 0.404. The zero-order valence-corrected chi connectivity index (χ0v) is 7.93. The van der Waals surface area contributed by atoms with Gasteiger partial charge in [-0.1, -0.05) is 0 Å². The van der Waals surface area contributed by atoms with Crippen LogP contribution in [0.4, 0.5) is 5.13 Å². The average molecular weight is 197 g/mol. The molecular weight excluding hydrogens is 186 g/mol. The number of thiazole rings is 1. The van der Waals surface area contributed by atoms with E-state index in [0.29, 0.717) is 5.13 Å². The fraction of sp³-hybridized carbons (Fsp3) is 0.500. The summed E-state index contributed by atoms with van der Waals surface area (Å²) in [4.78, 5) is 16.0. The van der Waals surface area contributed by atoms with E-state index in [9.17, 15) is 4.79 Å². The lowest BCUT2D eigenvalue weighted by atomic mass is 9.96. The number of nitrogens with one attached hydrogen (secondary N) is 1. The molecule has 1 saturated heterocycles. The third-order valence-electron chi connectivity index (χ3n) is 2.20. The van der Waals surface area contributed by atoms with Crippen molar-refractivity contribution in [2.75, 3.05) is 12.3 Å². The van der Waals surface area contributed by atoms with Gasteiger partial charge in [-0.05, 0) is 12.8 Å². The Balaban J connectivity index is 1.82. The van der Waals surface area contributed by atoms with Gasteiger partial charge in [0.1, 0.15) is 0 Å². The maximum absolute atomic E-state index is 10.9. The van der Waals surface area contributed by atoms with Crippen LogP contribution in [0.25, 0.3) is 0 Å². The van der Waals surface area contributed by atoms with Crippen molar-refractivity contribution in [3.8, 4) is 0 Å². The Hall–Kier alpha value is -1.10. The van der Waals surface area contributed by atoms with Gasteiger partial charge in [0.05, 0.1) is 5.92 Å². The van der Waals surface area contributed by atoms with Crippen LogP contribution in [0.3, 0.4) is 0 Å². The van der Waals surface area contributed by atoms with Gasteiger partial charge in [-0.25, -0.2) is 4.98 Å². The average Bonchev–Trinajstić information content (AvgIpc) is 2.49. The van der Waals surface area contributed by atoms with Crippen molar-refractivity contribution in [1.82, 2.24) is 10.3 Å². The highest BCUT2D eigenvalue weighted by Gasteiger charge is 2.26. The minimum atomic E-state index is 0.178. The molecule has 0 saturated carbocycles. The van der Waals surface area contributed by atoms with Crippen molar-refractivity contribution in [3.05, 3.63) is 11.1 Å². The number of hydrogen-bond donors (Lipinski definition) is 2. The molecule has 2 rings (SSSR count). The molecule has 1 atom stereocenters. The highest BCUT2D eigenvalue weighted by Crippen LogP contribution is 2.20. The third-order valence-corrected chi connectivity index (χ3v) is 3.09. The van der Waals surface area contributed by atoms with Crippen molar-refractivity contribution >= 4 is 22.4 Å². The molecule has 3 N–H and O–H groups in total. The van der Waals surface area contributed by atoms with Gasteiger partial charge < -0.3 is 11.1 Å². The topological polar surface area (TPSA) is 68.0 Å². The third kappa shape index (κ3) is 1.80. The summed E-state index contributed by atoms with van der Waals surface area (Å²) < 4.78 is 0. The number of carbonyl (C=O) groups is 1. The molecule has 1 aromatic heterocycles. The van der Waals surface area contributed by atoms with E-state index >= 15 is 0 Å². The van der Waals surface area contributed by atoms with Gasteiger partial charge >= 0.3 is 0 Å². The van der Waals surface area contributed by atoms with Gasteiger partial charge in [-0.15, -0.1) is 11.3 Å². The summed E-state index contributed by atoms with van der Waals surface area (Å²) in [5, 5.41) is 3.33. The largest absolute Gasteiger partial charge is 0.375 e. The van der Waals surface area contributed by atoms with Gasteiger partial charge in [0.2, 0.25) is 5.91 Å². The van der Waals surface area contributed by atoms with Crippen LogP contribution in [0.2, 0.25) is 0 Å². The standard InChI is InChI=1S/C8H11N3OS/c9-8-11-4-6(13-8)2-1-5-3-10-7(5)12/h4-5H,1-3H2,(H2,9,11)(H,10,12). The second kappa shape index (κ2) is 3.33. The van der Waals surface area contributed by atoms with Crippen molar-refractivity contribution in [2.45, 2.75) is 12.8 Å². The van der Waals surface area contributed by atoms with Crippen LogP contribution in [0.5, 0.6) is 0 Å². The maximum Gasteiger partial charge on any atom is 0.224 e. The SMILES string of the molecule is Nc1ncc(CCC2CNC2=O)s1. The molecule has 1 fully saturated rings. The van der Waals surface area contributed by atoms with E-state index in [-0.39, 0.29) is 11.8 Å². The molecule has 1 aliphatic heterocycles. The monoisotopic (exact) mass is 197 g/mol. The molecule has 1 aliphatic rings. The maximum atomic E-state index is 10.9. The van der Waals surface area contributed by atoms with Gasteiger partial charge in [0.25, 0.3) is 0 Å². The van der Waals surface area contributed by atoms with Crippen LogP contribution in [-0.4, -0.2) is 17.4 Å². The first kappa shape index (κ1) is 8.50. The number of β-lactam (4-membered cyclic amide) rings is 1. The molecule has 0 aromatic carbocycles. The quantitative estimate of drug-likeness (QED) is 0.689. The minimum absolute atomic E-state index is 0.178. The molecule has 0 bridgehead atoms. The van der Waals surface area contributed by atoms with E-state index in [2.05, 4.69) is 10.3 Å². The summed E-state index contributed by atoms with van der Waals surface area (Å²) in [7, 11) is 0. The predicted molar refractivity (Wildman–Crippen MR) is 51.3 cm³/mol. The molecule has 2 heterocycles. The summed E-state index contributed by atoms with van der Waals surface area (Å²) in [6, 6.07) is 0. The highest BCUT2D eigenvalue weighted by atomic mass is 32.1. The summed E-state index contributed by atoms with van der Waals surface area (Å²) >= 11 is 1.50. The number of amides is 1. The fourth-order valence-electron chi connectivity index (χ4n) is 1.32.